The smallest absolute Gasteiger partial charge is 0.214 e. The number of nitrogens with one attached hydrogen (secondary N) is 1. The number of benzene rings is 3. The minimum absolute atomic E-state index is 0.260. The van der Waals surface area contributed by atoms with Crippen molar-refractivity contribution in [1.29, 1.82) is 5.53 Å². The van der Waals surface area contributed by atoms with Crippen LogP contribution in [0.5, 0.6) is 0 Å². The van der Waals surface area contributed by atoms with Gasteiger partial charge in [0.25, 0.3) is 0 Å². The fourth-order valence-electron chi connectivity index (χ4n) is 3.15. The van der Waals surface area contributed by atoms with Crippen LogP contribution in [0.3, 0.4) is 0 Å². The summed E-state index contributed by atoms with van der Waals surface area (Å²) in [6.45, 7) is 0.289. The first kappa shape index (κ1) is 18.3. The van der Waals surface area contributed by atoms with E-state index in [-0.39, 0.29) is 12.6 Å². The molecule has 0 unspecified atom stereocenters. The molecule has 0 aliphatic rings. The largest absolute Gasteiger partial charge is 0.530 e. The zero-order valence-electron chi connectivity index (χ0n) is 14.8. The quantitative estimate of drug-likeness (QED) is 0.508. The Morgan fingerprint density at radius 1 is 1.04 bits per heavy atom. The molecule has 0 radical (unpaired) electrons. The van der Waals surface area contributed by atoms with Crippen molar-refractivity contribution in [1.82, 2.24) is 4.91 Å². The van der Waals surface area contributed by atoms with Gasteiger partial charge in [0.2, 0.25) is 4.91 Å². The Bertz CT molecular complexity index is 968. The molecule has 0 aliphatic heterocycles. The second kappa shape index (κ2) is 8.74. The predicted octanol–water partition coefficient (Wildman–Crippen LogP) is 4.06. The number of anilines is 1. The van der Waals surface area contributed by atoms with Crippen molar-refractivity contribution in [3.05, 3.63) is 78.4 Å². The molecule has 3 rings (SSSR count). The lowest BCUT2D eigenvalue weighted by Gasteiger charge is -2.25. The molecular formula is C21H20N4O2. The van der Waals surface area contributed by atoms with E-state index < -0.39 is 6.09 Å². The van der Waals surface area contributed by atoms with Gasteiger partial charge in [0.15, 0.2) is 6.04 Å². The van der Waals surface area contributed by atoms with Crippen molar-refractivity contribution in [2.24, 2.45) is 5.11 Å². The molecule has 27 heavy (non-hydrogen) atoms. The lowest BCUT2D eigenvalue weighted by molar-refractivity contribution is -0.246. The minimum atomic E-state index is -1.23. The fraction of sp³-hybridized carbons (Fsp3) is 0.190. The number of carbonyl (C=O) groups is 1. The summed E-state index contributed by atoms with van der Waals surface area (Å²) in [7, 11) is 0. The predicted molar refractivity (Wildman–Crippen MR) is 102 cm³/mol. The average molecular weight is 360 g/mol. The van der Waals surface area contributed by atoms with Gasteiger partial charge in [-0.15, -0.1) is 0 Å². The molecule has 0 heterocycles. The number of hydrogen-bond acceptors (Lipinski definition) is 4. The normalized spacial score (nSPS) is 11.6. The molecule has 6 nitrogen and oxygen atoms in total. The molecular weight excluding hydrogens is 340 g/mol. The van der Waals surface area contributed by atoms with Crippen LogP contribution >= 0.6 is 0 Å². The highest BCUT2D eigenvalue weighted by molar-refractivity contribution is 5.91. The maximum Gasteiger partial charge on any atom is 0.214 e. The monoisotopic (exact) mass is 360 g/mol. The van der Waals surface area contributed by atoms with Crippen molar-refractivity contribution in [2.75, 3.05) is 11.4 Å². The SMILES string of the molecule is N=[N+]=N[C@@H](CCCN(C(=O)[O-])c1ccc2ccccc2c1)c1ccccc1. The number of hydrogen-bond donors (Lipinski definition) is 1. The van der Waals surface area contributed by atoms with Crippen LogP contribution in [0.15, 0.2) is 77.9 Å². The van der Waals surface area contributed by atoms with Gasteiger partial charge in [-0.25, -0.2) is 0 Å². The second-order valence-electron chi connectivity index (χ2n) is 6.23. The van der Waals surface area contributed by atoms with Gasteiger partial charge in [0, 0.05) is 12.2 Å². The highest BCUT2D eigenvalue weighted by Crippen LogP contribution is 2.25. The van der Waals surface area contributed by atoms with Gasteiger partial charge in [-0.1, -0.05) is 60.7 Å². The summed E-state index contributed by atoms with van der Waals surface area (Å²) in [5.74, 6) is 0. The molecule has 3 aromatic rings. The van der Waals surface area contributed by atoms with E-state index in [1.165, 1.54) is 4.90 Å². The van der Waals surface area contributed by atoms with E-state index in [4.69, 9.17) is 5.53 Å². The molecule has 0 saturated heterocycles. The summed E-state index contributed by atoms with van der Waals surface area (Å²) in [6.07, 6.45) is -0.0768. The Morgan fingerprint density at radius 2 is 1.74 bits per heavy atom. The second-order valence-corrected chi connectivity index (χ2v) is 6.23. The van der Waals surface area contributed by atoms with Gasteiger partial charge in [0.1, 0.15) is 16.7 Å². The van der Waals surface area contributed by atoms with Crippen molar-refractivity contribution >= 4 is 22.6 Å². The molecule has 136 valence electrons. The molecule has 0 aromatic heterocycles. The van der Waals surface area contributed by atoms with Crippen LogP contribution in [0.2, 0.25) is 0 Å². The van der Waals surface area contributed by atoms with Crippen LogP contribution in [0.4, 0.5) is 10.5 Å². The molecule has 0 fully saturated rings. The lowest BCUT2D eigenvalue weighted by Crippen LogP contribution is -2.42. The van der Waals surface area contributed by atoms with Gasteiger partial charge >= 0.3 is 0 Å². The van der Waals surface area contributed by atoms with E-state index in [1.54, 1.807) is 6.07 Å². The van der Waals surface area contributed by atoms with Gasteiger partial charge in [-0.3, -0.25) is 0 Å². The summed E-state index contributed by atoms with van der Waals surface area (Å²) >= 11 is 0. The third-order valence-corrected chi connectivity index (χ3v) is 4.51. The summed E-state index contributed by atoms with van der Waals surface area (Å²) in [5, 5.41) is 17.6. The number of carboxylic acid groups (broad SMARTS) is 1. The molecule has 1 amide bonds. The Morgan fingerprint density at radius 3 is 2.44 bits per heavy atom. The van der Waals surface area contributed by atoms with Crippen LogP contribution < -0.4 is 14.9 Å². The summed E-state index contributed by atoms with van der Waals surface area (Å²) in [5.41, 5.74) is 8.57. The van der Waals surface area contributed by atoms with Crippen LogP contribution in [0.1, 0.15) is 24.4 Å². The topological polar surface area (TPSA) is 93.7 Å². The van der Waals surface area contributed by atoms with Gasteiger partial charge < -0.3 is 14.8 Å². The number of amides is 1. The Hall–Kier alpha value is -3.50. The zero-order chi connectivity index (χ0) is 19.1. The zero-order valence-corrected chi connectivity index (χ0v) is 14.8. The number of nitrogens with zero attached hydrogens (tertiary/aromatic N) is 3. The molecule has 3 aromatic carbocycles. The standard InChI is InChI=1S/C21H20N4O2/c22-24-23-20(17-8-2-1-3-9-17)11-6-14-25(21(26)27)19-13-12-16-7-4-5-10-18(16)15-19/h1-5,7-10,12-13,15,20,22H,6,11,14H2/t20-/m0/s1. The van der Waals surface area contributed by atoms with Crippen molar-refractivity contribution < 1.29 is 9.90 Å². The molecule has 0 bridgehead atoms. The van der Waals surface area contributed by atoms with Crippen molar-refractivity contribution in [3.8, 4) is 0 Å². The first-order valence-electron chi connectivity index (χ1n) is 8.78. The summed E-state index contributed by atoms with van der Waals surface area (Å²) in [4.78, 5) is 16.1. The van der Waals surface area contributed by atoms with Crippen molar-refractivity contribution in [2.45, 2.75) is 18.9 Å². The van der Waals surface area contributed by atoms with E-state index in [1.807, 2.05) is 66.7 Å². The van der Waals surface area contributed by atoms with Crippen LogP contribution in [-0.2, 0) is 0 Å². The average Bonchev–Trinajstić information content (AvgIpc) is 2.70. The molecule has 6 heteroatoms. The maximum absolute atomic E-state index is 11.7. The first-order valence-corrected chi connectivity index (χ1v) is 8.78. The van der Waals surface area contributed by atoms with E-state index in [9.17, 15) is 9.90 Å². The van der Waals surface area contributed by atoms with Crippen LogP contribution in [-0.4, -0.2) is 12.6 Å². The van der Waals surface area contributed by atoms with Crippen LogP contribution in [0, 0.1) is 5.53 Å². The molecule has 1 N–H and O–H groups in total. The van der Waals surface area contributed by atoms with Crippen LogP contribution in [0.25, 0.3) is 10.8 Å². The lowest BCUT2D eigenvalue weighted by atomic mass is 10.0. The third kappa shape index (κ3) is 4.57. The Labute approximate surface area is 157 Å². The summed E-state index contributed by atoms with van der Waals surface area (Å²) < 4.78 is 0. The van der Waals surface area contributed by atoms with E-state index in [0.29, 0.717) is 18.5 Å². The van der Waals surface area contributed by atoms with Gasteiger partial charge in [-0.2, -0.15) is 0 Å². The number of rotatable bonds is 7. The number of fused-ring (bicyclic) bond motifs is 1. The fourth-order valence-corrected chi connectivity index (χ4v) is 3.15. The van der Waals surface area contributed by atoms with E-state index in [0.717, 1.165) is 16.3 Å². The molecule has 0 aliphatic carbocycles. The third-order valence-electron chi connectivity index (χ3n) is 4.51. The van der Waals surface area contributed by atoms with Gasteiger partial charge in [-0.05, 0) is 41.3 Å². The highest BCUT2D eigenvalue weighted by atomic mass is 16.4. The minimum Gasteiger partial charge on any atom is -0.530 e. The van der Waals surface area contributed by atoms with E-state index in [2.05, 4.69) is 10.0 Å². The molecule has 0 saturated carbocycles. The van der Waals surface area contributed by atoms with Gasteiger partial charge in [0.05, 0.1) is 0 Å². The van der Waals surface area contributed by atoms with E-state index >= 15 is 0 Å². The van der Waals surface area contributed by atoms with Crippen molar-refractivity contribution in [3.63, 3.8) is 0 Å². The molecule has 0 spiro atoms. The Kier molecular flexibility index (Phi) is 5.92. The maximum atomic E-state index is 11.7. The summed E-state index contributed by atoms with van der Waals surface area (Å²) in [6, 6.07) is 22.7. The Balaban J connectivity index is 1.72. The molecule has 1 atom stereocenters. The first-order chi connectivity index (χ1) is 13.2. The number of carbonyl (C=O) groups excluding carboxylic acids is 1. The highest BCUT2D eigenvalue weighted by Gasteiger charge is 2.16.